The number of anilines is 1. The summed E-state index contributed by atoms with van der Waals surface area (Å²) in [5, 5.41) is 10.4. The van der Waals surface area contributed by atoms with Crippen LogP contribution in [0, 0.1) is 12.8 Å². The molecule has 2 saturated heterocycles. The van der Waals surface area contributed by atoms with Gasteiger partial charge in [0.2, 0.25) is 11.9 Å². The van der Waals surface area contributed by atoms with Gasteiger partial charge in [0.15, 0.2) is 5.69 Å². The highest BCUT2D eigenvalue weighted by Gasteiger charge is 2.34. The lowest BCUT2D eigenvalue weighted by molar-refractivity contribution is -0.134. The Hall–Kier alpha value is -2.75. The van der Waals surface area contributed by atoms with Crippen LogP contribution in [0.15, 0.2) is 6.07 Å². The molecule has 142 valence electrons. The van der Waals surface area contributed by atoms with Crippen molar-refractivity contribution in [3.8, 4) is 0 Å². The average molecular weight is 366 g/mol. The largest absolute Gasteiger partial charge is 0.481 e. The molecular weight excluding hydrogens is 344 g/mol. The summed E-state index contributed by atoms with van der Waals surface area (Å²) in [7, 11) is 1.32. The van der Waals surface area contributed by atoms with Crippen LogP contribution >= 0.6 is 0 Å². The Bertz CT molecular complexity index is 691. The highest BCUT2D eigenvalue weighted by molar-refractivity contribution is 5.87. The second-order valence-corrected chi connectivity index (χ2v) is 6.05. The molecule has 0 saturated carbocycles. The molecule has 1 aromatic heterocycles. The third kappa shape index (κ3) is 5.12. The third-order valence-electron chi connectivity index (χ3n) is 3.76. The summed E-state index contributed by atoms with van der Waals surface area (Å²) in [6, 6.07) is 1.48. The van der Waals surface area contributed by atoms with E-state index in [0.717, 1.165) is 6.92 Å². The van der Waals surface area contributed by atoms with Gasteiger partial charge in [0, 0.05) is 25.7 Å². The number of nitrogens with one attached hydrogen (secondary N) is 1. The maximum absolute atomic E-state index is 12.0. The number of aryl methyl sites for hydroxylation is 1. The first-order valence-corrected chi connectivity index (χ1v) is 8.06. The van der Waals surface area contributed by atoms with Gasteiger partial charge < -0.3 is 24.8 Å². The van der Waals surface area contributed by atoms with Crippen LogP contribution in [0.4, 0.5) is 5.95 Å². The van der Waals surface area contributed by atoms with Crippen molar-refractivity contribution >= 4 is 23.8 Å². The molecule has 0 radical (unpaired) electrons. The molecule has 2 aliphatic rings. The highest BCUT2D eigenvalue weighted by atomic mass is 16.5. The number of methoxy groups -OCH3 is 1. The summed E-state index contributed by atoms with van der Waals surface area (Å²) in [6.07, 6.45) is 0. The van der Waals surface area contributed by atoms with E-state index in [9.17, 15) is 9.59 Å². The molecule has 2 fully saturated rings. The molecule has 2 atom stereocenters. The van der Waals surface area contributed by atoms with Crippen molar-refractivity contribution in [1.82, 2.24) is 15.3 Å². The van der Waals surface area contributed by atoms with E-state index in [-0.39, 0.29) is 23.6 Å². The zero-order valence-electron chi connectivity index (χ0n) is 14.9. The van der Waals surface area contributed by atoms with Crippen LogP contribution in [0.5, 0.6) is 0 Å². The van der Waals surface area contributed by atoms with Gasteiger partial charge in [-0.1, -0.05) is 0 Å². The first kappa shape index (κ1) is 19.6. The summed E-state index contributed by atoms with van der Waals surface area (Å²) < 4.78 is 10.2. The fraction of sp³-hybridized carbons (Fsp3) is 0.562. The second-order valence-electron chi connectivity index (χ2n) is 6.05. The van der Waals surface area contributed by atoms with Crippen LogP contribution < -0.4 is 10.2 Å². The van der Waals surface area contributed by atoms with Gasteiger partial charge in [0.25, 0.3) is 5.97 Å². The van der Waals surface area contributed by atoms with E-state index in [4.69, 9.17) is 19.4 Å². The van der Waals surface area contributed by atoms with Crippen LogP contribution in [0.1, 0.15) is 23.1 Å². The first-order chi connectivity index (χ1) is 12.3. The number of fused-ring (bicyclic) bond motifs is 3. The molecule has 0 aliphatic carbocycles. The molecule has 10 heteroatoms. The van der Waals surface area contributed by atoms with E-state index in [1.54, 1.807) is 13.0 Å². The normalized spacial score (nSPS) is 21.7. The van der Waals surface area contributed by atoms with E-state index in [2.05, 4.69) is 15.3 Å². The molecule has 1 amide bonds. The zero-order chi connectivity index (χ0) is 19.3. The van der Waals surface area contributed by atoms with Crippen molar-refractivity contribution in [3.05, 3.63) is 17.5 Å². The Morgan fingerprint density at radius 3 is 2.69 bits per heavy atom. The predicted octanol–water partition coefficient (Wildman–Crippen LogP) is -0.386. The quantitative estimate of drug-likeness (QED) is 0.672. The zero-order valence-corrected chi connectivity index (χ0v) is 14.9. The number of aromatic nitrogens is 2. The van der Waals surface area contributed by atoms with E-state index in [0.29, 0.717) is 37.9 Å². The van der Waals surface area contributed by atoms with Crippen LogP contribution in [0.3, 0.4) is 0 Å². The molecule has 0 spiro atoms. The summed E-state index contributed by atoms with van der Waals surface area (Å²) in [5.74, 6) is -1.17. The van der Waals surface area contributed by atoms with Gasteiger partial charge in [-0.05, 0) is 13.0 Å². The fourth-order valence-corrected chi connectivity index (χ4v) is 2.70. The standard InChI is InChI=1S/C14H18N4O4.C2H4O2/c1-8-3-11(13(20)21-2)17-14(15-8)18-4-9-6-22-7-10(5-18)16-12(9)19;1-2(3)4/h3,9-10H,4-7H2,1-2H3,(H,16,19);1H3,(H,3,4)/t9-,10+;/m1./s1. The van der Waals surface area contributed by atoms with Gasteiger partial charge in [0.05, 0.1) is 32.3 Å². The van der Waals surface area contributed by atoms with Crippen molar-refractivity contribution in [2.45, 2.75) is 19.9 Å². The van der Waals surface area contributed by atoms with Crippen molar-refractivity contribution < 1.29 is 29.0 Å². The third-order valence-corrected chi connectivity index (χ3v) is 3.76. The SMILES string of the molecule is CC(=O)O.COC(=O)c1cc(C)nc(N2C[C@H]3COC[C@@H](C2)C(=O)N3)n1. The second kappa shape index (κ2) is 8.56. The lowest BCUT2D eigenvalue weighted by atomic mass is 10.1. The Morgan fingerprint density at radius 1 is 1.35 bits per heavy atom. The van der Waals surface area contributed by atoms with Gasteiger partial charge in [-0.3, -0.25) is 9.59 Å². The van der Waals surface area contributed by atoms with Crippen LogP contribution in [-0.2, 0) is 19.1 Å². The minimum Gasteiger partial charge on any atom is -0.481 e. The average Bonchev–Trinajstić information content (AvgIpc) is 2.81. The minimum atomic E-state index is -0.833. The number of aliphatic carboxylic acids is 1. The number of ether oxygens (including phenoxy) is 2. The Labute approximate surface area is 150 Å². The lowest BCUT2D eigenvalue weighted by Crippen LogP contribution is -2.42. The number of carboxylic acid groups (broad SMARTS) is 1. The molecule has 0 aromatic carbocycles. The fourth-order valence-electron chi connectivity index (χ4n) is 2.70. The van der Waals surface area contributed by atoms with Gasteiger partial charge >= 0.3 is 5.97 Å². The number of amides is 1. The molecule has 3 rings (SSSR count). The van der Waals surface area contributed by atoms with Crippen molar-refractivity contribution in [1.29, 1.82) is 0 Å². The van der Waals surface area contributed by atoms with Gasteiger partial charge in [-0.15, -0.1) is 0 Å². The first-order valence-electron chi connectivity index (χ1n) is 8.06. The van der Waals surface area contributed by atoms with Gasteiger partial charge in [-0.2, -0.15) is 0 Å². The van der Waals surface area contributed by atoms with Gasteiger partial charge in [0.1, 0.15) is 0 Å². The molecule has 26 heavy (non-hydrogen) atoms. The molecule has 3 heterocycles. The Morgan fingerprint density at radius 2 is 2.04 bits per heavy atom. The number of hydrogen-bond donors (Lipinski definition) is 2. The van der Waals surface area contributed by atoms with E-state index < -0.39 is 11.9 Å². The van der Waals surface area contributed by atoms with Crippen LogP contribution in [-0.4, -0.2) is 72.4 Å². The minimum absolute atomic E-state index is 0.00848. The molecule has 2 N–H and O–H groups in total. The van der Waals surface area contributed by atoms with Crippen molar-refractivity contribution in [2.24, 2.45) is 5.92 Å². The van der Waals surface area contributed by atoms with Crippen molar-refractivity contribution in [2.75, 3.05) is 38.3 Å². The topological polar surface area (TPSA) is 131 Å². The number of hydrogen-bond acceptors (Lipinski definition) is 8. The monoisotopic (exact) mass is 366 g/mol. The molecule has 2 aliphatic heterocycles. The number of carbonyl (C=O) groups excluding carboxylic acids is 2. The molecular formula is C16H22N4O6. The van der Waals surface area contributed by atoms with E-state index in [1.165, 1.54) is 7.11 Å². The maximum atomic E-state index is 12.0. The lowest BCUT2D eigenvalue weighted by Gasteiger charge is -2.27. The molecule has 10 nitrogen and oxygen atoms in total. The number of rotatable bonds is 2. The summed E-state index contributed by atoms with van der Waals surface area (Å²) in [4.78, 5) is 43.3. The number of esters is 1. The number of nitrogens with zero attached hydrogens (tertiary/aromatic N) is 3. The highest BCUT2D eigenvalue weighted by Crippen LogP contribution is 2.19. The number of carboxylic acids is 1. The number of carbonyl (C=O) groups is 3. The van der Waals surface area contributed by atoms with Gasteiger partial charge in [-0.25, -0.2) is 14.8 Å². The smallest absolute Gasteiger partial charge is 0.356 e. The maximum Gasteiger partial charge on any atom is 0.356 e. The Kier molecular flexibility index (Phi) is 6.45. The van der Waals surface area contributed by atoms with Crippen LogP contribution in [0.25, 0.3) is 0 Å². The van der Waals surface area contributed by atoms with Crippen molar-refractivity contribution in [3.63, 3.8) is 0 Å². The Balaban J connectivity index is 0.000000552. The predicted molar refractivity (Wildman–Crippen MR) is 89.9 cm³/mol. The molecule has 0 unspecified atom stereocenters. The van der Waals surface area contributed by atoms with E-state index in [1.807, 2.05) is 4.90 Å². The molecule has 2 bridgehead atoms. The van der Waals surface area contributed by atoms with Crippen LogP contribution in [0.2, 0.25) is 0 Å². The summed E-state index contributed by atoms with van der Waals surface area (Å²) >= 11 is 0. The molecule has 1 aromatic rings. The van der Waals surface area contributed by atoms with E-state index >= 15 is 0 Å². The summed E-state index contributed by atoms with van der Waals surface area (Å²) in [6.45, 7) is 4.74. The summed E-state index contributed by atoms with van der Waals surface area (Å²) in [5.41, 5.74) is 0.894.